The predicted octanol–water partition coefficient (Wildman–Crippen LogP) is 3.45. The van der Waals surface area contributed by atoms with Crippen LogP contribution in [-0.2, 0) is 11.3 Å². The zero-order chi connectivity index (χ0) is 20.5. The lowest BCUT2D eigenvalue weighted by Gasteiger charge is -2.27. The molecule has 152 valence electrons. The van der Waals surface area contributed by atoms with Crippen LogP contribution in [0.25, 0.3) is 0 Å². The molecule has 1 aromatic carbocycles. The number of benzene rings is 1. The van der Waals surface area contributed by atoms with Gasteiger partial charge >= 0.3 is 0 Å². The molecule has 2 aliphatic rings. The van der Waals surface area contributed by atoms with E-state index in [2.05, 4.69) is 15.6 Å². The summed E-state index contributed by atoms with van der Waals surface area (Å²) in [4.78, 5) is 16.5. The number of carbonyl (C=O) groups is 1. The Labute approximate surface area is 164 Å². The molecule has 2 N–H and O–H groups in total. The van der Waals surface area contributed by atoms with Crippen LogP contribution in [0.5, 0.6) is 0 Å². The molecule has 0 saturated heterocycles. The fourth-order valence-corrected chi connectivity index (χ4v) is 3.60. The van der Waals surface area contributed by atoms with Crippen molar-refractivity contribution in [3.63, 3.8) is 0 Å². The summed E-state index contributed by atoms with van der Waals surface area (Å²) in [5.74, 6) is -5.79. The van der Waals surface area contributed by atoms with E-state index in [4.69, 9.17) is 0 Å². The Morgan fingerprint density at radius 3 is 2.76 bits per heavy atom. The topological polar surface area (TPSA) is 59.0 Å². The molecule has 1 unspecified atom stereocenters. The first-order valence-corrected chi connectivity index (χ1v) is 9.15. The normalized spacial score (nSPS) is 19.0. The van der Waals surface area contributed by atoms with E-state index in [0.717, 1.165) is 36.2 Å². The number of nitrogens with one attached hydrogen (secondary N) is 2. The minimum absolute atomic E-state index is 0.0257. The van der Waals surface area contributed by atoms with E-state index in [9.17, 15) is 22.4 Å². The number of halogens is 4. The van der Waals surface area contributed by atoms with Crippen LogP contribution in [0.2, 0.25) is 0 Å². The summed E-state index contributed by atoms with van der Waals surface area (Å²) < 4.78 is 55.6. The first-order chi connectivity index (χ1) is 13.9. The summed E-state index contributed by atoms with van der Waals surface area (Å²) in [6.45, 7) is 1.43. The van der Waals surface area contributed by atoms with Gasteiger partial charge in [0.15, 0.2) is 23.3 Å². The second kappa shape index (κ2) is 7.82. The van der Waals surface area contributed by atoms with Crippen molar-refractivity contribution in [1.82, 2.24) is 14.9 Å². The van der Waals surface area contributed by atoms with Crippen molar-refractivity contribution in [2.45, 2.75) is 19.4 Å². The van der Waals surface area contributed by atoms with Crippen molar-refractivity contribution >= 4 is 11.7 Å². The van der Waals surface area contributed by atoms with E-state index in [-0.39, 0.29) is 17.9 Å². The number of carbonyl (C=O) groups excluding carboxylic acids is 1. The maximum atomic E-state index is 14.4. The fourth-order valence-electron chi connectivity index (χ4n) is 3.60. The van der Waals surface area contributed by atoms with Crippen LogP contribution in [-0.4, -0.2) is 28.5 Å². The number of imidazole rings is 1. The number of nitrogens with zero attached hydrogens (tertiary/aromatic N) is 2. The largest absolute Gasteiger partial charge is 0.331 e. The highest BCUT2D eigenvalue weighted by atomic mass is 19.2. The molecule has 1 atom stereocenters. The summed E-state index contributed by atoms with van der Waals surface area (Å²) in [7, 11) is 0. The molecule has 5 nitrogen and oxygen atoms in total. The lowest BCUT2D eigenvalue weighted by molar-refractivity contribution is -0.119. The average molecular weight is 406 g/mol. The molecule has 2 aromatic rings. The fraction of sp³-hybridized carbons (Fsp3) is 0.300. The van der Waals surface area contributed by atoms with Crippen molar-refractivity contribution in [1.29, 1.82) is 0 Å². The molecule has 4 rings (SSSR count). The highest BCUT2D eigenvalue weighted by Gasteiger charge is 2.30. The Balaban J connectivity index is 1.42. The van der Waals surface area contributed by atoms with Gasteiger partial charge in [0, 0.05) is 19.3 Å². The van der Waals surface area contributed by atoms with Gasteiger partial charge in [-0.3, -0.25) is 4.79 Å². The molecular weight excluding hydrogens is 388 g/mol. The number of hydrogen-bond donors (Lipinski definition) is 2. The Hall–Kier alpha value is -2.94. The van der Waals surface area contributed by atoms with Gasteiger partial charge in [0.05, 0.1) is 12.2 Å². The molecule has 1 aliphatic heterocycles. The number of aromatic nitrogens is 2. The zero-order valence-electron chi connectivity index (χ0n) is 15.3. The minimum atomic E-state index is -1.53. The third kappa shape index (κ3) is 4.09. The summed E-state index contributed by atoms with van der Waals surface area (Å²) >= 11 is 0. The minimum Gasteiger partial charge on any atom is -0.331 e. The van der Waals surface area contributed by atoms with Crippen molar-refractivity contribution in [3.05, 3.63) is 70.7 Å². The first-order valence-electron chi connectivity index (χ1n) is 9.15. The van der Waals surface area contributed by atoms with Gasteiger partial charge in [0.25, 0.3) is 0 Å². The highest BCUT2D eigenvalue weighted by Crippen LogP contribution is 2.33. The lowest BCUT2D eigenvalue weighted by Crippen LogP contribution is -2.31. The number of hydrogen-bond acceptors (Lipinski definition) is 3. The lowest BCUT2D eigenvalue weighted by atomic mass is 9.85. The highest BCUT2D eigenvalue weighted by molar-refractivity contribution is 5.93. The Bertz CT molecular complexity index is 1000. The molecule has 1 aliphatic carbocycles. The summed E-state index contributed by atoms with van der Waals surface area (Å²) in [6, 6.07) is 1.78. The maximum absolute atomic E-state index is 14.4. The molecule has 9 heteroatoms. The van der Waals surface area contributed by atoms with E-state index >= 15 is 0 Å². The molecule has 0 radical (unpaired) electrons. The standard InChI is InChI=1S/C20H18F4N4O/c21-15-6-13-7-25-2-1-12(13)5-14(15)20(29)27-18-9-28(10-26-18)8-11-3-16(22)19(24)17(23)4-11/h3-4,6,9-10,14,25H,1-2,5,7-8H2,(H,27,29). The third-order valence-corrected chi connectivity index (χ3v) is 5.08. The SMILES string of the molecule is O=C(Nc1cn(Cc2cc(F)c(F)c(F)c2)cn1)C1CC2=C(C=C1F)CNCC2. The Morgan fingerprint density at radius 2 is 2.00 bits per heavy atom. The third-order valence-electron chi connectivity index (χ3n) is 5.08. The van der Waals surface area contributed by atoms with Crippen molar-refractivity contribution in [3.8, 4) is 0 Å². The second-order valence-electron chi connectivity index (χ2n) is 7.14. The van der Waals surface area contributed by atoms with Gasteiger partial charge in [-0.2, -0.15) is 0 Å². The van der Waals surface area contributed by atoms with E-state index in [1.807, 2.05) is 0 Å². The van der Waals surface area contributed by atoms with Gasteiger partial charge in [-0.05, 0) is 48.7 Å². The molecule has 29 heavy (non-hydrogen) atoms. The quantitative estimate of drug-likeness (QED) is 0.604. The van der Waals surface area contributed by atoms with E-state index in [1.54, 1.807) is 0 Å². The van der Waals surface area contributed by atoms with Gasteiger partial charge in [0.1, 0.15) is 5.83 Å². The summed E-state index contributed by atoms with van der Waals surface area (Å²) in [6.07, 6.45) is 5.35. The smallest absolute Gasteiger partial charge is 0.235 e. The van der Waals surface area contributed by atoms with Crippen LogP contribution in [0.4, 0.5) is 23.4 Å². The van der Waals surface area contributed by atoms with Crippen LogP contribution in [0.1, 0.15) is 18.4 Å². The van der Waals surface area contributed by atoms with Gasteiger partial charge < -0.3 is 15.2 Å². The molecule has 1 amide bonds. The van der Waals surface area contributed by atoms with E-state index < -0.39 is 35.1 Å². The van der Waals surface area contributed by atoms with Crippen LogP contribution in [0.15, 0.2) is 47.7 Å². The molecule has 2 heterocycles. The summed E-state index contributed by atoms with van der Waals surface area (Å²) in [5, 5.41) is 5.75. The average Bonchev–Trinajstić information content (AvgIpc) is 3.12. The summed E-state index contributed by atoms with van der Waals surface area (Å²) in [5.41, 5.74) is 2.18. The zero-order valence-corrected chi connectivity index (χ0v) is 15.3. The molecule has 1 aromatic heterocycles. The van der Waals surface area contributed by atoms with E-state index in [0.29, 0.717) is 13.0 Å². The van der Waals surface area contributed by atoms with Crippen molar-refractivity contribution in [2.75, 3.05) is 18.4 Å². The van der Waals surface area contributed by atoms with Gasteiger partial charge in [-0.1, -0.05) is 5.57 Å². The number of anilines is 1. The monoisotopic (exact) mass is 406 g/mol. The van der Waals surface area contributed by atoms with Crippen molar-refractivity contribution < 1.29 is 22.4 Å². The Kier molecular flexibility index (Phi) is 5.23. The predicted molar refractivity (Wildman–Crippen MR) is 98.1 cm³/mol. The number of amides is 1. The molecular formula is C20H18F4N4O. The molecule has 0 bridgehead atoms. The molecule has 0 saturated carbocycles. The molecule has 0 spiro atoms. The second-order valence-corrected chi connectivity index (χ2v) is 7.14. The van der Waals surface area contributed by atoms with Gasteiger partial charge in [0.2, 0.25) is 5.91 Å². The van der Waals surface area contributed by atoms with Crippen LogP contribution in [0.3, 0.4) is 0 Å². The van der Waals surface area contributed by atoms with Gasteiger partial charge in [-0.15, -0.1) is 0 Å². The maximum Gasteiger partial charge on any atom is 0.235 e. The van der Waals surface area contributed by atoms with Crippen LogP contribution in [0, 0.1) is 23.4 Å². The van der Waals surface area contributed by atoms with E-state index in [1.165, 1.54) is 23.2 Å². The number of rotatable bonds is 4. The van der Waals surface area contributed by atoms with Crippen LogP contribution >= 0.6 is 0 Å². The Morgan fingerprint density at radius 1 is 1.24 bits per heavy atom. The van der Waals surface area contributed by atoms with Crippen LogP contribution < -0.4 is 10.6 Å². The van der Waals surface area contributed by atoms with Crippen molar-refractivity contribution in [2.24, 2.45) is 5.92 Å². The first kappa shape index (κ1) is 19.4. The van der Waals surface area contributed by atoms with Gasteiger partial charge in [-0.25, -0.2) is 22.5 Å². The molecule has 0 fully saturated rings.